The van der Waals surface area contributed by atoms with Crippen molar-refractivity contribution < 1.29 is 14.3 Å². The Kier molecular flexibility index (Phi) is 6.31. The van der Waals surface area contributed by atoms with E-state index in [1.54, 1.807) is 19.1 Å². The van der Waals surface area contributed by atoms with Gasteiger partial charge in [-0.25, -0.2) is 0 Å². The van der Waals surface area contributed by atoms with Gasteiger partial charge in [0, 0.05) is 45.7 Å². The standard InChI is InChI=1S/C22H27N3O3/c1-16(26)25-13-12-24(15-20(25)22(27)23-2)14-17-8-10-18(11-9-17)19-6-4-5-7-21(19)28-3/h4-11,20H,12-15H2,1-3H3,(H,23,27). The lowest BCUT2D eigenvalue weighted by molar-refractivity contribution is -0.142. The minimum atomic E-state index is -0.441. The molecule has 1 aliphatic heterocycles. The number of rotatable bonds is 5. The number of likely N-dealkylation sites (N-methyl/N-ethyl adjacent to an activating group) is 1. The molecular weight excluding hydrogens is 354 g/mol. The van der Waals surface area contributed by atoms with E-state index in [1.807, 2.05) is 24.3 Å². The SMILES string of the molecule is CNC(=O)C1CN(Cc2ccc(-c3ccccc3OC)cc2)CCN1C(C)=O. The number of amides is 2. The highest BCUT2D eigenvalue weighted by molar-refractivity contribution is 5.87. The van der Waals surface area contributed by atoms with E-state index in [2.05, 4.69) is 34.5 Å². The van der Waals surface area contributed by atoms with Crippen molar-refractivity contribution in [1.29, 1.82) is 0 Å². The molecule has 0 aromatic heterocycles. The molecule has 3 rings (SSSR count). The number of piperazine rings is 1. The second-order valence-electron chi connectivity index (χ2n) is 6.97. The maximum atomic E-state index is 12.2. The van der Waals surface area contributed by atoms with Gasteiger partial charge >= 0.3 is 0 Å². The predicted molar refractivity (Wildman–Crippen MR) is 109 cm³/mol. The van der Waals surface area contributed by atoms with Crippen LogP contribution in [0.1, 0.15) is 12.5 Å². The Morgan fingerprint density at radius 3 is 2.46 bits per heavy atom. The Balaban J connectivity index is 1.70. The molecule has 1 saturated heterocycles. The van der Waals surface area contributed by atoms with E-state index in [4.69, 9.17) is 4.74 Å². The van der Waals surface area contributed by atoms with Gasteiger partial charge in [-0.2, -0.15) is 0 Å². The molecule has 1 N–H and O–H groups in total. The molecule has 0 radical (unpaired) electrons. The molecule has 28 heavy (non-hydrogen) atoms. The Bertz CT molecular complexity index is 835. The lowest BCUT2D eigenvalue weighted by Crippen LogP contribution is -2.59. The van der Waals surface area contributed by atoms with E-state index in [0.717, 1.165) is 30.0 Å². The highest BCUT2D eigenvalue weighted by Gasteiger charge is 2.33. The summed E-state index contributed by atoms with van der Waals surface area (Å²) in [5.74, 6) is 0.671. The Morgan fingerprint density at radius 2 is 1.82 bits per heavy atom. The van der Waals surface area contributed by atoms with Crippen molar-refractivity contribution in [3.8, 4) is 16.9 Å². The van der Waals surface area contributed by atoms with Gasteiger partial charge < -0.3 is 15.0 Å². The average molecular weight is 381 g/mol. The summed E-state index contributed by atoms with van der Waals surface area (Å²) < 4.78 is 5.45. The molecule has 1 unspecified atom stereocenters. The lowest BCUT2D eigenvalue weighted by atomic mass is 10.0. The van der Waals surface area contributed by atoms with Crippen LogP contribution in [0.25, 0.3) is 11.1 Å². The molecule has 148 valence electrons. The van der Waals surface area contributed by atoms with Crippen LogP contribution in [0.5, 0.6) is 5.75 Å². The summed E-state index contributed by atoms with van der Waals surface area (Å²) in [7, 11) is 3.28. The number of nitrogens with zero attached hydrogens (tertiary/aromatic N) is 2. The van der Waals surface area contributed by atoms with E-state index in [1.165, 1.54) is 12.5 Å². The minimum Gasteiger partial charge on any atom is -0.496 e. The number of carbonyl (C=O) groups is 2. The van der Waals surface area contributed by atoms with Gasteiger partial charge in [0.05, 0.1) is 7.11 Å². The summed E-state index contributed by atoms with van der Waals surface area (Å²) in [4.78, 5) is 27.9. The number of hydrogen-bond donors (Lipinski definition) is 1. The third kappa shape index (κ3) is 4.34. The van der Waals surface area contributed by atoms with Crippen molar-refractivity contribution in [3.05, 3.63) is 54.1 Å². The van der Waals surface area contributed by atoms with E-state index >= 15 is 0 Å². The zero-order chi connectivity index (χ0) is 20.1. The summed E-state index contributed by atoms with van der Waals surface area (Å²) in [5.41, 5.74) is 3.34. The number of ether oxygens (including phenoxy) is 1. The molecule has 2 amide bonds. The van der Waals surface area contributed by atoms with Crippen LogP contribution in [0.15, 0.2) is 48.5 Å². The van der Waals surface area contributed by atoms with Gasteiger partial charge in [-0.05, 0) is 17.2 Å². The van der Waals surface area contributed by atoms with Crippen molar-refractivity contribution in [2.24, 2.45) is 0 Å². The van der Waals surface area contributed by atoms with Gasteiger partial charge in [0.15, 0.2) is 0 Å². The van der Waals surface area contributed by atoms with Gasteiger partial charge in [0.2, 0.25) is 11.8 Å². The molecule has 6 heteroatoms. The van der Waals surface area contributed by atoms with E-state index in [9.17, 15) is 9.59 Å². The fourth-order valence-corrected chi connectivity index (χ4v) is 3.68. The van der Waals surface area contributed by atoms with Crippen LogP contribution >= 0.6 is 0 Å². The minimum absolute atomic E-state index is 0.0607. The first-order valence-corrected chi connectivity index (χ1v) is 9.47. The van der Waals surface area contributed by atoms with Crippen LogP contribution in [0, 0.1) is 0 Å². The zero-order valence-corrected chi connectivity index (χ0v) is 16.6. The maximum absolute atomic E-state index is 12.2. The summed E-state index contributed by atoms with van der Waals surface area (Å²) in [6.45, 7) is 4.11. The summed E-state index contributed by atoms with van der Waals surface area (Å²) in [6, 6.07) is 15.9. The predicted octanol–water partition coefficient (Wildman–Crippen LogP) is 2.14. The maximum Gasteiger partial charge on any atom is 0.243 e. The van der Waals surface area contributed by atoms with E-state index in [-0.39, 0.29) is 11.8 Å². The van der Waals surface area contributed by atoms with Crippen LogP contribution in [0.2, 0.25) is 0 Å². The molecule has 2 aromatic rings. The monoisotopic (exact) mass is 381 g/mol. The average Bonchev–Trinajstić information content (AvgIpc) is 2.73. The number of nitrogens with one attached hydrogen (secondary N) is 1. The number of hydrogen-bond acceptors (Lipinski definition) is 4. The molecule has 2 aromatic carbocycles. The number of methoxy groups -OCH3 is 1. The van der Waals surface area contributed by atoms with Crippen molar-refractivity contribution in [2.45, 2.75) is 19.5 Å². The summed E-state index contributed by atoms with van der Waals surface area (Å²) in [5, 5.41) is 2.67. The van der Waals surface area contributed by atoms with Gasteiger partial charge in [-0.1, -0.05) is 42.5 Å². The van der Waals surface area contributed by atoms with Gasteiger partial charge in [-0.3, -0.25) is 14.5 Å². The lowest BCUT2D eigenvalue weighted by Gasteiger charge is -2.40. The molecule has 1 fully saturated rings. The first kappa shape index (κ1) is 19.9. The van der Waals surface area contributed by atoms with E-state index in [0.29, 0.717) is 13.1 Å². The molecule has 0 bridgehead atoms. The third-order valence-corrected chi connectivity index (χ3v) is 5.20. The van der Waals surface area contributed by atoms with Crippen LogP contribution in [0.4, 0.5) is 0 Å². The summed E-state index contributed by atoms with van der Waals surface area (Å²) >= 11 is 0. The van der Waals surface area contributed by atoms with Gasteiger partial charge in [0.25, 0.3) is 0 Å². The van der Waals surface area contributed by atoms with Crippen LogP contribution < -0.4 is 10.1 Å². The molecule has 6 nitrogen and oxygen atoms in total. The van der Waals surface area contributed by atoms with Gasteiger partial charge in [-0.15, -0.1) is 0 Å². The van der Waals surface area contributed by atoms with Crippen LogP contribution in [0.3, 0.4) is 0 Å². The number of carbonyl (C=O) groups excluding carboxylic acids is 2. The molecule has 0 saturated carbocycles. The molecule has 0 spiro atoms. The van der Waals surface area contributed by atoms with Crippen molar-refractivity contribution in [1.82, 2.24) is 15.1 Å². The largest absolute Gasteiger partial charge is 0.496 e. The van der Waals surface area contributed by atoms with Crippen LogP contribution in [-0.2, 0) is 16.1 Å². The molecule has 1 heterocycles. The zero-order valence-electron chi connectivity index (χ0n) is 16.6. The van der Waals surface area contributed by atoms with Crippen molar-refractivity contribution in [2.75, 3.05) is 33.8 Å². The molecule has 0 aliphatic carbocycles. The highest BCUT2D eigenvalue weighted by atomic mass is 16.5. The molecule has 1 aliphatic rings. The summed E-state index contributed by atoms with van der Waals surface area (Å²) in [6.07, 6.45) is 0. The van der Waals surface area contributed by atoms with Crippen molar-refractivity contribution >= 4 is 11.8 Å². The first-order chi connectivity index (χ1) is 13.5. The number of para-hydroxylation sites is 1. The second kappa shape index (κ2) is 8.89. The van der Waals surface area contributed by atoms with E-state index < -0.39 is 6.04 Å². The van der Waals surface area contributed by atoms with Crippen molar-refractivity contribution in [3.63, 3.8) is 0 Å². The smallest absolute Gasteiger partial charge is 0.243 e. The third-order valence-electron chi connectivity index (χ3n) is 5.20. The normalized spacial score (nSPS) is 17.2. The number of benzene rings is 2. The highest BCUT2D eigenvalue weighted by Crippen LogP contribution is 2.29. The quantitative estimate of drug-likeness (QED) is 0.862. The second-order valence-corrected chi connectivity index (χ2v) is 6.97. The Morgan fingerprint density at radius 1 is 1.11 bits per heavy atom. The molecular formula is C22H27N3O3. The van der Waals surface area contributed by atoms with Crippen LogP contribution in [-0.4, -0.2) is 61.4 Å². The first-order valence-electron chi connectivity index (χ1n) is 9.47. The Labute approximate surface area is 166 Å². The molecule has 1 atom stereocenters. The topological polar surface area (TPSA) is 61.9 Å². The fraction of sp³-hybridized carbons (Fsp3) is 0.364. The fourth-order valence-electron chi connectivity index (χ4n) is 3.68. The van der Waals surface area contributed by atoms with Gasteiger partial charge in [0.1, 0.15) is 11.8 Å². The Hall–Kier alpha value is -2.86.